The van der Waals surface area contributed by atoms with Crippen LogP contribution < -0.4 is 0 Å². The molecule has 4 heteroatoms. The highest BCUT2D eigenvalue weighted by Gasteiger charge is 2.17. The van der Waals surface area contributed by atoms with Crippen molar-refractivity contribution in [1.82, 2.24) is 15.0 Å². The van der Waals surface area contributed by atoms with Crippen molar-refractivity contribution < 1.29 is 4.42 Å². The molecule has 4 nitrogen and oxygen atoms in total. The fourth-order valence-corrected chi connectivity index (χ4v) is 8.12. The van der Waals surface area contributed by atoms with Gasteiger partial charge in [-0.05, 0) is 85.3 Å². The van der Waals surface area contributed by atoms with Crippen LogP contribution in [0.1, 0.15) is 0 Å². The van der Waals surface area contributed by atoms with Gasteiger partial charge in [0.25, 0.3) is 0 Å². The zero-order chi connectivity index (χ0) is 37.7. The first-order valence-electron chi connectivity index (χ1n) is 19.2. The lowest BCUT2D eigenvalue weighted by molar-refractivity contribution is 0.669. The molecule has 0 radical (unpaired) electrons. The van der Waals surface area contributed by atoms with Gasteiger partial charge in [0.2, 0.25) is 0 Å². The van der Waals surface area contributed by atoms with Crippen molar-refractivity contribution in [2.75, 3.05) is 0 Å². The summed E-state index contributed by atoms with van der Waals surface area (Å²) in [7, 11) is 0. The molecule has 0 bridgehead atoms. The molecule has 0 saturated carbocycles. The van der Waals surface area contributed by atoms with Crippen LogP contribution in [0.2, 0.25) is 0 Å². The standard InChI is InChI=1S/C53H33N3O/c1-3-13-37(14-4-1)51-54-52(38-15-5-2-6-16-38)56-53(55-51)46-31-30-42(44-18-9-10-19-45(44)46)35-23-25-36(26-24-35)43-20-11-21-48-50(43)47-29-28-41(33-49(47)57-48)40-27-22-34-12-7-8-17-39(34)32-40/h1-33H. The molecule has 2 heterocycles. The zero-order valence-electron chi connectivity index (χ0n) is 30.8. The highest BCUT2D eigenvalue weighted by Crippen LogP contribution is 2.40. The van der Waals surface area contributed by atoms with Gasteiger partial charge in [0, 0.05) is 27.5 Å². The maximum atomic E-state index is 6.50. The smallest absolute Gasteiger partial charge is 0.164 e. The Morgan fingerprint density at radius 1 is 0.281 bits per heavy atom. The fraction of sp³-hybridized carbons (Fsp3) is 0. The van der Waals surface area contributed by atoms with Crippen LogP contribution in [0.25, 0.3) is 111 Å². The van der Waals surface area contributed by atoms with Gasteiger partial charge in [-0.1, -0.05) is 170 Å². The first-order valence-corrected chi connectivity index (χ1v) is 19.2. The third-order valence-corrected chi connectivity index (χ3v) is 11.0. The van der Waals surface area contributed by atoms with E-state index >= 15 is 0 Å². The summed E-state index contributed by atoms with van der Waals surface area (Å²) in [6.07, 6.45) is 0. The molecule has 0 atom stereocenters. The second kappa shape index (κ2) is 13.6. The Kier molecular flexibility index (Phi) is 7.78. The first kappa shape index (κ1) is 32.7. The van der Waals surface area contributed by atoms with Crippen molar-refractivity contribution in [3.63, 3.8) is 0 Å². The van der Waals surface area contributed by atoms with Gasteiger partial charge in [-0.15, -0.1) is 0 Å². The first-order chi connectivity index (χ1) is 28.2. The average Bonchev–Trinajstić information content (AvgIpc) is 3.67. The molecule has 9 aromatic carbocycles. The van der Waals surface area contributed by atoms with Crippen molar-refractivity contribution in [2.24, 2.45) is 0 Å². The Morgan fingerprint density at radius 2 is 0.825 bits per heavy atom. The average molecular weight is 728 g/mol. The van der Waals surface area contributed by atoms with E-state index in [2.05, 4.69) is 140 Å². The lowest BCUT2D eigenvalue weighted by Gasteiger charge is -2.13. The number of aromatic nitrogens is 3. The van der Waals surface area contributed by atoms with E-state index in [1.807, 2.05) is 60.7 Å². The third kappa shape index (κ3) is 5.83. The molecule has 0 amide bonds. The van der Waals surface area contributed by atoms with E-state index in [4.69, 9.17) is 19.4 Å². The number of benzene rings is 9. The molecular weight excluding hydrogens is 695 g/mol. The van der Waals surface area contributed by atoms with E-state index in [0.29, 0.717) is 17.5 Å². The SMILES string of the molecule is c1ccc(-c2nc(-c3ccccc3)nc(-c3ccc(-c4ccc(-c5cccc6oc7cc(-c8ccc9ccccc9c8)ccc7c56)cc4)c4ccccc34)n2)cc1. The molecule has 0 spiro atoms. The van der Waals surface area contributed by atoms with E-state index in [-0.39, 0.29) is 0 Å². The van der Waals surface area contributed by atoms with Crippen LogP contribution in [0.15, 0.2) is 205 Å². The Morgan fingerprint density at radius 3 is 1.54 bits per heavy atom. The van der Waals surface area contributed by atoms with E-state index in [0.717, 1.165) is 77.2 Å². The maximum absolute atomic E-state index is 6.50. The summed E-state index contributed by atoms with van der Waals surface area (Å²) >= 11 is 0. The summed E-state index contributed by atoms with van der Waals surface area (Å²) in [4.78, 5) is 15.0. The summed E-state index contributed by atoms with van der Waals surface area (Å²) in [6.45, 7) is 0. The number of hydrogen-bond donors (Lipinski definition) is 0. The number of nitrogens with zero attached hydrogens (tertiary/aromatic N) is 3. The number of rotatable bonds is 6. The molecule has 57 heavy (non-hydrogen) atoms. The largest absolute Gasteiger partial charge is 0.456 e. The van der Waals surface area contributed by atoms with Gasteiger partial charge in [-0.25, -0.2) is 15.0 Å². The molecule has 0 fully saturated rings. The normalized spacial score (nSPS) is 11.5. The predicted molar refractivity (Wildman–Crippen MR) is 235 cm³/mol. The maximum Gasteiger partial charge on any atom is 0.164 e. The number of furan rings is 1. The molecule has 0 aliphatic rings. The summed E-state index contributed by atoms with van der Waals surface area (Å²) < 4.78 is 6.50. The number of fused-ring (bicyclic) bond motifs is 5. The van der Waals surface area contributed by atoms with Crippen LogP contribution in [-0.4, -0.2) is 15.0 Å². The molecule has 2 aromatic heterocycles. The van der Waals surface area contributed by atoms with Crippen LogP contribution >= 0.6 is 0 Å². The summed E-state index contributed by atoms with van der Waals surface area (Å²) in [5, 5.41) is 6.92. The molecule has 0 unspecified atom stereocenters. The lowest BCUT2D eigenvalue weighted by atomic mass is 9.92. The van der Waals surface area contributed by atoms with Crippen molar-refractivity contribution in [3.8, 4) is 67.5 Å². The van der Waals surface area contributed by atoms with Crippen LogP contribution in [0.3, 0.4) is 0 Å². The molecule has 0 N–H and O–H groups in total. The third-order valence-electron chi connectivity index (χ3n) is 11.0. The van der Waals surface area contributed by atoms with E-state index < -0.39 is 0 Å². The molecular formula is C53H33N3O. The van der Waals surface area contributed by atoms with Gasteiger partial charge in [0.05, 0.1) is 0 Å². The fourth-order valence-electron chi connectivity index (χ4n) is 8.12. The lowest BCUT2D eigenvalue weighted by Crippen LogP contribution is -2.00. The minimum atomic E-state index is 0.644. The van der Waals surface area contributed by atoms with Crippen molar-refractivity contribution in [2.45, 2.75) is 0 Å². The van der Waals surface area contributed by atoms with E-state index in [9.17, 15) is 0 Å². The zero-order valence-corrected chi connectivity index (χ0v) is 30.8. The molecule has 0 aliphatic heterocycles. The van der Waals surface area contributed by atoms with E-state index in [1.165, 1.54) is 16.3 Å². The number of hydrogen-bond acceptors (Lipinski definition) is 4. The molecule has 0 aliphatic carbocycles. The van der Waals surface area contributed by atoms with Gasteiger partial charge < -0.3 is 4.42 Å². The Balaban J connectivity index is 0.970. The predicted octanol–water partition coefficient (Wildman–Crippen LogP) is 14.1. The second-order valence-corrected chi connectivity index (χ2v) is 14.4. The van der Waals surface area contributed by atoms with Crippen molar-refractivity contribution in [1.29, 1.82) is 0 Å². The van der Waals surface area contributed by atoms with E-state index in [1.54, 1.807) is 0 Å². The van der Waals surface area contributed by atoms with Gasteiger partial charge in [0.1, 0.15) is 11.2 Å². The van der Waals surface area contributed by atoms with Crippen LogP contribution in [0, 0.1) is 0 Å². The summed E-state index contributed by atoms with van der Waals surface area (Å²) in [6, 6.07) is 70.0. The Labute approximate surface area is 329 Å². The molecule has 266 valence electrons. The Hall–Kier alpha value is -7.69. The van der Waals surface area contributed by atoms with Crippen molar-refractivity contribution >= 4 is 43.5 Å². The quantitative estimate of drug-likeness (QED) is 0.171. The van der Waals surface area contributed by atoms with Gasteiger partial charge in [0.15, 0.2) is 17.5 Å². The summed E-state index contributed by atoms with van der Waals surface area (Å²) in [5.74, 6) is 1.94. The topological polar surface area (TPSA) is 51.8 Å². The van der Waals surface area contributed by atoms with Gasteiger partial charge in [-0.2, -0.15) is 0 Å². The minimum absolute atomic E-state index is 0.644. The Bertz CT molecular complexity index is 3220. The monoisotopic (exact) mass is 727 g/mol. The van der Waals surface area contributed by atoms with Gasteiger partial charge >= 0.3 is 0 Å². The minimum Gasteiger partial charge on any atom is -0.456 e. The van der Waals surface area contributed by atoms with Gasteiger partial charge in [-0.3, -0.25) is 0 Å². The highest BCUT2D eigenvalue weighted by atomic mass is 16.3. The molecule has 11 aromatic rings. The highest BCUT2D eigenvalue weighted by molar-refractivity contribution is 6.13. The molecule has 11 rings (SSSR count). The second-order valence-electron chi connectivity index (χ2n) is 14.4. The molecule has 0 saturated heterocycles. The van der Waals surface area contributed by atoms with Crippen molar-refractivity contribution in [3.05, 3.63) is 200 Å². The summed E-state index contributed by atoms with van der Waals surface area (Å²) in [5.41, 5.74) is 11.5. The van der Waals surface area contributed by atoms with Crippen LogP contribution in [-0.2, 0) is 0 Å². The van der Waals surface area contributed by atoms with Crippen LogP contribution in [0.5, 0.6) is 0 Å². The van der Waals surface area contributed by atoms with Crippen LogP contribution in [0.4, 0.5) is 0 Å².